The number of sulfonamides is 1. The number of hydrogen-bond acceptors (Lipinski definition) is 4. The van der Waals surface area contributed by atoms with Gasteiger partial charge < -0.3 is 10.1 Å². The first kappa shape index (κ1) is 15.3. The molecule has 1 aliphatic heterocycles. The summed E-state index contributed by atoms with van der Waals surface area (Å²) in [6, 6.07) is 5.20. The monoisotopic (exact) mass is 298 g/mol. The quantitative estimate of drug-likeness (QED) is 0.750. The maximum Gasteiger partial charge on any atom is 0.240 e. The van der Waals surface area contributed by atoms with Gasteiger partial charge in [0.1, 0.15) is 0 Å². The van der Waals surface area contributed by atoms with E-state index >= 15 is 0 Å². The minimum absolute atomic E-state index is 0.296. The Balaban J connectivity index is 1.90. The molecule has 0 fully saturated rings. The van der Waals surface area contributed by atoms with Crippen molar-refractivity contribution >= 4 is 15.7 Å². The summed E-state index contributed by atoms with van der Waals surface area (Å²) < 4.78 is 32.2. The number of rotatable bonds is 7. The van der Waals surface area contributed by atoms with Gasteiger partial charge in [-0.15, -0.1) is 0 Å². The van der Waals surface area contributed by atoms with Gasteiger partial charge in [0.05, 0.1) is 11.5 Å². The highest BCUT2D eigenvalue weighted by atomic mass is 32.2. The van der Waals surface area contributed by atoms with Crippen molar-refractivity contribution < 1.29 is 13.2 Å². The van der Waals surface area contributed by atoms with E-state index in [1.54, 1.807) is 12.1 Å². The lowest BCUT2D eigenvalue weighted by molar-refractivity contribution is 0.114. The van der Waals surface area contributed by atoms with Gasteiger partial charge in [-0.05, 0) is 36.1 Å². The summed E-state index contributed by atoms with van der Waals surface area (Å²) in [7, 11) is -3.44. The smallest absolute Gasteiger partial charge is 0.240 e. The molecule has 0 saturated heterocycles. The fourth-order valence-corrected chi connectivity index (χ4v) is 3.16. The summed E-state index contributed by atoms with van der Waals surface area (Å²) >= 11 is 0. The van der Waals surface area contributed by atoms with Crippen molar-refractivity contribution in [1.29, 1.82) is 0 Å². The summed E-state index contributed by atoms with van der Waals surface area (Å²) in [6.45, 7) is 6.32. The number of anilines is 1. The minimum Gasteiger partial charge on any atom is -0.384 e. The van der Waals surface area contributed by atoms with Gasteiger partial charge in [0, 0.05) is 25.4 Å². The molecular weight excluding hydrogens is 276 g/mol. The van der Waals surface area contributed by atoms with Crippen LogP contribution in [-0.2, 0) is 21.2 Å². The molecule has 0 radical (unpaired) electrons. The summed E-state index contributed by atoms with van der Waals surface area (Å²) in [5, 5.41) is 3.21. The number of ether oxygens (including phenoxy) is 1. The van der Waals surface area contributed by atoms with E-state index in [4.69, 9.17) is 4.74 Å². The van der Waals surface area contributed by atoms with Crippen molar-refractivity contribution in [3.63, 3.8) is 0 Å². The molecule has 0 saturated carbocycles. The van der Waals surface area contributed by atoms with E-state index in [1.165, 1.54) is 0 Å². The van der Waals surface area contributed by atoms with Crippen LogP contribution < -0.4 is 10.0 Å². The van der Waals surface area contributed by atoms with Crippen LogP contribution in [0.1, 0.15) is 19.4 Å². The van der Waals surface area contributed by atoms with Crippen LogP contribution in [0.15, 0.2) is 23.1 Å². The second kappa shape index (κ2) is 6.56. The second-order valence-corrected chi connectivity index (χ2v) is 7.13. The van der Waals surface area contributed by atoms with Crippen molar-refractivity contribution in [2.45, 2.75) is 25.2 Å². The maximum absolute atomic E-state index is 12.1. The van der Waals surface area contributed by atoms with Gasteiger partial charge >= 0.3 is 0 Å². The molecule has 2 rings (SSSR count). The van der Waals surface area contributed by atoms with E-state index in [9.17, 15) is 8.42 Å². The van der Waals surface area contributed by atoms with Crippen molar-refractivity contribution in [2.24, 2.45) is 5.92 Å². The van der Waals surface area contributed by atoms with Crippen molar-refractivity contribution in [3.05, 3.63) is 23.8 Å². The van der Waals surface area contributed by atoms with Crippen LogP contribution in [0.5, 0.6) is 0 Å². The lowest BCUT2D eigenvalue weighted by atomic mass is 10.2. The van der Waals surface area contributed by atoms with Crippen LogP contribution in [0.3, 0.4) is 0 Å². The normalized spacial score (nSPS) is 14.3. The largest absolute Gasteiger partial charge is 0.384 e. The molecule has 112 valence electrons. The molecule has 1 aromatic rings. The molecule has 6 heteroatoms. The van der Waals surface area contributed by atoms with E-state index < -0.39 is 10.0 Å². The molecule has 0 spiro atoms. The number of nitrogens with one attached hydrogen (secondary N) is 2. The van der Waals surface area contributed by atoms with E-state index in [2.05, 4.69) is 23.9 Å². The van der Waals surface area contributed by atoms with Crippen LogP contribution in [0.2, 0.25) is 0 Å². The van der Waals surface area contributed by atoms with Gasteiger partial charge in [-0.1, -0.05) is 13.8 Å². The van der Waals surface area contributed by atoms with Crippen molar-refractivity contribution in [2.75, 3.05) is 31.6 Å². The van der Waals surface area contributed by atoms with E-state index in [1.807, 2.05) is 6.07 Å². The standard InChI is InChI=1S/C14H22N2O3S/c1-11(2)10-19-8-7-16-20(17,18)13-3-4-14-12(9-13)5-6-15-14/h3-4,9,11,15-16H,5-8,10H2,1-2H3. The average molecular weight is 298 g/mol. The Labute approximate surface area is 120 Å². The average Bonchev–Trinajstić information content (AvgIpc) is 2.85. The van der Waals surface area contributed by atoms with Gasteiger partial charge in [-0.2, -0.15) is 0 Å². The zero-order chi connectivity index (χ0) is 14.6. The minimum atomic E-state index is -3.44. The van der Waals surface area contributed by atoms with Gasteiger partial charge in [-0.25, -0.2) is 13.1 Å². The summed E-state index contributed by atoms with van der Waals surface area (Å²) in [4.78, 5) is 0.323. The second-order valence-electron chi connectivity index (χ2n) is 5.36. The first-order valence-corrected chi connectivity index (χ1v) is 8.41. The van der Waals surface area contributed by atoms with Crippen LogP contribution >= 0.6 is 0 Å². The summed E-state index contributed by atoms with van der Waals surface area (Å²) in [5.74, 6) is 0.454. The van der Waals surface area contributed by atoms with E-state index in [0.717, 1.165) is 24.2 Å². The third-order valence-corrected chi connectivity index (χ3v) is 4.55. The Morgan fingerprint density at radius 2 is 2.20 bits per heavy atom. The van der Waals surface area contributed by atoms with E-state index in [-0.39, 0.29) is 0 Å². The van der Waals surface area contributed by atoms with Crippen LogP contribution in [0.4, 0.5) is 5.69 Å². The van der Waals surface area contributed by atoms with Gasteiger partial charge in [0.15, 0.2) is 0 Å². The Morgan fingerprint density at radius 1 is 1.40 bits per heavy atom. The third kappa shape index (κ3) is 3.94. The van der Waals surface area contributed by atoms with Crippen molar-refractivity contribution in [1.82, 2.24) is 4.72 Å². The Bertz CT molecular complexity index is 556. The highest BCUT2D eigenvalue weighted by Crippen LogP contribution is 2.24. The van der Waals surface area contributed by atoms with Gasteiger partial charge in [-0.3, -0.25) is 0 Å². The molecule has 0 amide bonds. The predicted molar refractivity (Wildman–Crippen MR) is 79.5 cm³/mol. The van der Waals surface area contributed by atoms with Gasteiger partial charge in [0.2, 0.25) is 10.0 Å². The molecule has 1 aromatic carbocycles. The third-order valence-electron chi connectivity index (χ3n) is 3.09. The molecule has 0 bridgehead atoms. The van der Waals surface area contributed by atoms with Crippen LogP contribution in [0, 0.1) is 5.92 Å². The van der Waals surface area contributed by atoms with Crippen molar-refractivity contribution in [3.8, 4) is 0 Å². The number of hydrogen-bond donors (Lipinski definition) is 2. The number of benzene rings is 1. The summed E-state index contributed by atoms with van der Waals surface area (Å²) in [6.07, 6.45) is 0.871. The highest BCUT2D eigenvalue weighted by molar-refractivity contribution is 7.89. The molecule has 0 aliphatic carbocycles. The van der Waals surface area contributed by atoms with Crippen LogP contribution in [-0.4, -0.2) is 34.7 Å². The molecule has 0 unspecified atom stereocenters. The van der Waals surface area contributed by atoms with Gasteiger partial charge in [0.25, 0.3) is 0 Å². The fourth-order valence-electron chi connectivity index (χ4n) is 2.10. The zero-order valence-corrected chi connectivity index (χ0v) is 12.8. The Morgan fingerprint density at radius 3 is 2.95 bits per heavy atom. The first-order chi connectivity index (χ1) is 9.49. The summed E-state index contributed by atoms with van der Waals surface area (Å²) in [5.41, 5.74) is 2.09. The Kier molecular flexibility index (Phi) is 5.01. The molecule has 0 atom stereocenters. The fraction of sp³-hybridized carbons (Fsp3) is 0.571. The molecule has 5 nitrogen and oxygen atoms in total. The maximum atomic E-state index is 12.1. The first-order valence-electron chi connectivity index (χ1n) is 6.93. The molecular formula is C14H22N2O3S. The highest BCUT2D eigenvalue weighted by Gasteiger charge is 2.17. The molecule has 0 aromatic heterocycles. The molecule has 2 N–H and O–H groups in total. The predicted octanol–water partition coefficient (Wildman–Crippen LogP) is 1.61. The number of fused-ring (bicyclic) bond motifs is 1. The molecule has 1 aliphatic rings. The zero-order valence-electron chi connectivity index (χ0n) is 12.0. The topological polar surface area (TPSA) is 67.4 Å². The molecule has 1 heterocycles. The Hall–Kier alpha value is -1.11. The van der Waals surface area contributed by atoms with Crippen LogP contribution in [0.25, 0.3) is 0 Å². The molecule has 20 heavy (non-hydrogen) atoms. The SMILES string of the molecule is CC(C)COCCNS(=O)(=O)c1ccc2c(c1)CCN2. The lowest BCUT2D eigenvalue weighted by Gasteiger charge is -2.10. The lowest BCUT2D eigenvalue weighted by Crippen LogP contribution is -2.28. The van der Waals surface area contributed by atoms with E-state index in [0.29, 0.717) is 30.6 Å².